The molecule has 8 heteroatoms. The van der Waals surface area contributed by atoms with E-state index in [1.54, 1.807) is 6.08 Å². The third-order valence-electron chi connectivity index (χ3n) is 4.16. The van der Waals surface area contributed by atoms with Gasteiger partial charge in [0.15, 0.2) is 5.56 Å². The van der Waals surface area contributed by atoms with Crippen LogP contribution in [0.15, 0.2) is 30.6 Å². The lowest BCUT2D eigenvalue weighted by atomic mass is 9.98. The SMILES string of the molecule is COc1ncnc(OC)c1C(=O)N1CC=C(c2c(F)cccc2F)CC1. The molecule has 0 fully saturated rings. The Labute approximate surface area is 149 Å². The first-order valence-electron chi connectivity index (χ1n) is 7.92. The Balaban J connectivity index is 1.86. The van der Waals surface area contributed by atoms with Crippen LogP contribution in [0.4, 0.5) is 8.78 Å². The summed E-state index contributed by atoms with van der Waals surface area (Å²) in [4.78, 5) is 22.2. The summed E-state index contributed by atoms with van der Waals surface area (Å²) in [5, 5.41) is 0. The van der Waals surface area contributed by atoms with Gasteiger partial charge in [-0.15, -0.1) is 0 Å². The van der Waals surface area contributed by atoms with Crippen molar-refractivity contribution in [2.75, 3.05) is 27.3 Å². The molecule has 1 aliphatic heterocycles. The van der Waals surface area contributed by atoms with E-state index in [0.717, 1.165) is 0 Å². The molecule has 0 spiro atoms. The zero-order chi connectivity index (χ0) is 18.7. The molecule has 2 aromatic rings. The minimum atomic E-state index is -0.615. The molecule has 0 N–H and O–H groups in total. The maximum atomic E-state index is 13.9. The Hall–Kier alpha value is -3.03. The molecule has 136 valence electrons. The van der Waals surface area contributed by atoms with E-state index in [4.69, 9.17) is 9.47 Å². The number of hydrogen-bond donors (Lipinski definition) is 0. The average Bonchev–Trinajstić information content (AvgIpc) is 2.67. The lowest BCUT2D eigenvalue weighted by molar-refractivity contribution is 0.0764. The number of carbonyl (C=O) groups is 1. The van der Waals surface area contributed by atoms with Crippen LogP contribution >= 0.6 is 0 Å². The summed E-state index contributed by atoms with van der Waals surface area (Å²) < 4.78 is 38.1. The van der Waals surface area contributed by atoms with Crippen LogP contribution in [0.1, 0.15) is 22.3 Å². The number of amides is 1. The Bertz CT molecular complexity index is 828. The van der Waals surface area contributed by atoms with Crippen molar-refractivity contribution in [2.45, 2.75) is 6.42 Å². The van der Waals surface area contributed by atoms with E-state index in [-0.39, 0.29) is 35.3 Å². The molecule has 1 amide bonds. The number of halogens is 2. The summed E-state index contributed by atoms with van der Waals surface area (Å²) in [6.07, 6.45) is 3.21. The standard InChI is InChI=1S/C18H17F2N3O3/c1-25-16-15(17(26-2)22-10-21-16)18(24)23-8-6-11(7-9-23)14-12(19)4-3-5-13(14)20/h3-6,10H,7-9H2,1-2H3. The van der Waals surface area contributed by atoms with Crippen LogP contribution in [-0.4, -0.2) is 48.1 Å². The van der Waals surface area contributed by atoms with Gasteiger partial charge in [0.05, 0.1) is 14.2 Å². The van der Waals surface area contributed by atoms with Crippen molar-refractivity contribution in [1.82, 2.24) is 14.9 Å². The highest BCUT2D eigenvalue weighted by molar-refractivity contribution is 5.99. The molecule has 1 aliphatic rings. The average molecular weight is 361 g/mol. The molecule has 0 unspecified atom stereocenters. The van der Waals surface area contributed by atoms with Gasteiger partial charge in [0, 0.05) is 18.7 Å². The minimum absolute atomic E-state index is 0.0437. The highest BCUT2D eigenvalue weighted by Crippen LogP contribution is 2.30. The first-order valence-corrected chi connectivity index (χ1v) is 7.92. The number of carbonyl (C=O) groups excluding carboxylic acids is 1. The summed E-state index contributed by atoms with van der Waals surface area (Å²) in [7, 11) is 2.79. The minimum Gasteiger partial charge on any atom is -0.480 e. The number of nitrogens with zero attached hydrogens (tertiary/aromatic N) is 3. The van der Waals surface area contributed by atoms with Gasteiger partial charge in [-0.2, -0.15) is 0 Å². The van der Waals surface area contributed by atoms with Crippen molar-refractivity contribution in [3.05, 3.63) is 53.4 Å². The molecule has 0 atom stereocenters. The van der Waals surface area contributed by atoms with Gasteiger partial charge in [0.2, 0.25) is 11.8 Å². The molecule has 0 bridgehead atoms. The van der Waals surface area contributed by atoms with Gasteiger partial charge in [0.25, 0.3) is 5.91 Å². The second kappa shape index (κ2) is 7.47. The van der Waals surface area contributed by atoms with Gasteiger partial charge in [-0.3, -0.25) is 4.79 Å². The van der Waals surface area contributed by atoms with E-state index < -0.39 is 11.6 Å². The lowest BCUT2D eigenvalue weighted by Crippen LogP contribution is -2.35. The molecule has 1 aromatic carbocycles. The number of methoxy groups -OCH3 is 2. The van der Waals surface area contributed by atoms with E-state index in [0.29, 0.717) is 18.5 Å². The van der Waals surface area contributed by atoms with E-state index in [2.05, 4.69) is 9.97 Å². The Kier molecular flexibility index (Phi) is 5.11. The molecule has 6 nitrogen and oxygen atoms in total. The predicted octanol–water partition coefficient (Wildman–Crippen LogP) is 2.70. The molecule has 0 saturated carbocycles. The zero-order valence-electron chi connectivity index (χ0n) is 14.3. The molecule has 0 saturated heterocycles. The van der Waals surface area contributed by atoms with Crippen LogP contribution in [-0.2, 0) is 0 Å². The van der Waals surface area contributed by atoms with Crippen LogP contribution in [0.2, 0.25) is 0 Å². The fourth-order valence-electron chi connectivity index (χ4n) is 2.89. The number of hydrogen-bond acceptors (Lipinski definition) is 5. The summed E-state index contributed by atoms with van der Waals surface area (Å²) >= 11 is 0. The maximum absolute atomic E-state index is 13.9. The van der Waals surface area contributed by atoms with Gasteiger partial charge >= 0.3 is 0 Å². The van der Waals surface area contributed by atoms with Gasteiger partial charge < -0.3 is 14.4 Å². The molecular formula is C18H17F2N3O3. The van der Waals surface area contributed by atoms with Gasteiger partial charge in [-0.05, 0) is 24.1 Å². The third kappa shape index (κ3) is 3.22. The molecule has 1 aromatic heterocycles. The van der Waals surface area contributed by atoms with Crippen molar-refractivity contribution in [2.24, 2.45) is 0 Å². The number of benzene rings is 1. The second-order valence-electron chi connectivity index (χ2n) is 5.59. The number of aromatic nitrogens is 2. The van der Waals surface area contributed by atoms with Gasteiger partial charge in [-0.1, -0.05) is 12.1 Å². The summed E-state index contributed by atoms with van der Waals surface area (Å²) in [5.41, 5.74) is 0.608. The summed E-state index contributed by atoms with van der Waals surface area (Å²) in [6, 6.07) is 3.75. The lowest BCUT2D eigenvalue weighted by Gasteiger charge is -2.27. The van der Waals surface area contributed by atoms with Crippen LogP contribution in [0.25, 0.3) is 5.57 Å². The van der Waals surface area contributed by atoms with E-state index >= 15 is 0 Å². The second-order valence-corrected chi connectivity index (χ2v) is 5.59. The Morgan fingerprint density at radius 2 is 1.73 bits per heavy atom. The van der Waals surface area contributed by atoms with Crippen molar-refractivity contribution >= 4 is 11.5 Å². The molecule has 3 rings (SSSR count). The topological polar surface area (TPSA) is 64.6 Å². The number of rotatable bonds is 4. The van der Waals surface area contributed by atoms with Gasteiger partial charge in [-0.25, -0.2) is 18.7 Å². The summed E-state index contributed by atoms with van der Waals surface area (Å²) in [6.45, 7) is 0.489. The molecule has 26 heavy (non-hydrogen) atoms. The largest absolute Gasteiger partial charge is 0.480 e. The molecule has 0 aliphatic carbocycles. The Morgan fingerprint density at radius 1 is 1.12 bits per heavy atom. The van der Waals surface area contributed by atoms with Crippen molar-refractivity contribution < 1.29 is 23.0 Å². The first-order chi connectivity index (χ1) is 12.6. The van der Waals surface area contributed by atoms with Crippen LogP contribution in [0.3, 0.4) is 0 Å². The zero-order valence-corrected chi connectivity index (χ0v) is 14.3. The van der Waals surface area contributed by atoms with Crippen LogP contribution in [0.5, 0.6) is 11.8 Å². The smallest absolute Gasteiger partial charge is 0.265 e. The van der Waals surface area contributed by atoms with E-state index in [1.807, 2.05) is 0 Å². The first kappa shape index (κ1) is 17.8. The predicted molar refractivity (Wildman–Crippen MR) is 90.0 cm³/mol. The monoisotopic (exact) mass is 361 g/mol. The van der Waals surface area contributed by atoms with E-state index in [1.165, 1.54) is 43.6 Å². The summed E-state index contributed by atoms with van der Waals surface area (Å²) in [5.74, 6) is -1.39. The van der Waals surface area contributed by atoms with Crippen LogP contribution in [0, 0.1) is 11.6 Å². The van der Waals surface area contributed by atoms with Crippen molar-refractivity contribution in [1.29, 1.82) is 0 Å². The fraction of sp³-hybridized carbons (Fsp3) is 0.278. The quantitative estimate of drug-likeness (QED) is 0.838. The highest BCUT2D eigenvalue weighted by atomic mass is 19.1. The van der Waals surface area contributed by atoms with Crippen LogP contribution < -0.4 is 9.47 Å². The maximum Gasteiger partial charge on any atom is 0.265 e. The van der Waals surface area contributed by atoms with Gasteiger partial charge in [0.1, 0.15) is 18.0 Å². The number of ether oxygens (including phenoxy) is 2. The molecule has 0 radical (unpaired) electrons. The Morgan fingerprint density at radius 3 is 2.23 bits per heavy atom. The van der Waals surface area contributed by atoms with Crippen molar-refractivity contribution in [3.63, 3.8) is 0 Å². The molecule has 2 heterocycles. The molecular weight excluding hydrogens is 344 g/mol. The third-order valence-corrected chi connectivity index (χ3v) is 4.16. The fourth-order valence-corrected chi connectivity index (χ4v) is 2.89. The van der Waals surface area contributed by atoms with E-state index in [9.17, 15) is 13.6 Å². The normalized spacial score (nSPS) is 14.0. The highest BCUT2D eigenvalue weighted by Gasteiger charge is 2.28. The van der Waals surface area contributed by atoms with Crippen molar-refractivity contribution in [3.8, 4) is 11.8 Å².